The second-order valence-corrected chi connectivity index (χ2v) is 4.68. The molecule has 0 amide bonds. The molecule has 0 N–H and O–H groups in total. The van der Waals surface area contributed by atoms with Crippen molar-refractivity contribution in [1.29, 1.82) is 0 Å². The summed E-state index contributed by atoms with van der Waals surface area (Å²) in [4.78, 5) is 0. The van der Waals surface area contributed by atoms with Gasteiger partial charge in [-0.25, -0.2) is 0 Å². The third-order valence-corrected chi connectivity index (χ3v) is 2.01. The van der Waals surface area contributed by atoms with Crippen molar-refractivity contribution in [3.8, 4) is 0 Å². The summed E-state index contributed by atoms with van der Waals surface area (Å²) in [5.74, 6) is 0. The van der Waals surface area contributed by atoms with Gasteiger partial charge in [-0.3, -0.25) is 0 Å². The van der Waals surface area contributed by atoms with Gasteiger partial charge in [0.1, 0.15) is 0 Å². The minimum atomic E-state index is -6.00. The molecule has 1 nitrogen and oxygen atoms in total. The first-order valence-corrected chi connectivity index (χ1v) is 3.94. The van der Waals surface area contributed by atoms with E-state index in [0.29, 0.717) is 5.54 Å². The van der Waals surface area contributed by atoms with Crippen molar-refractivity contribution in [2.75, 3.05) is 21.1 Å². The first-order chi connectivity index (χ1) is 5.25. The van der Waals surface area contributed by atoms with Crippen LogP contribution in [0.4, 0.5) is 17.3 Å². The van der Waals surface area contributed by atoms with Crippen LogP contribution in [0.2, 0.25) is 0 Å². The van der Waals surface area contributed by atoms with E-state index in [4.69, 9.17) is 0 Å². The van der Waals surface area contributed by atoms with Crippen LogP contribution in [-0.4, -0.2) is 38.4 Å². The molecule has 0 aliphatic carbocycles. The highest BCUT2D eigenvalue weighted by atomic mass is 19.5. The zero-order valence-corrected chi connectivity index (χ0v) is 9.04. The molecule has 0 unspecified atom stereocenters. The second-order valence-electron chi connectivity index (χ2n) is 4.68. The van der Waals surface area contributed by atoms with Crippen molar-refractivity contribution in [1.82, 2.24) is 0 Å². The molecule has 0 spiro atoms. The molecule has 0 saturated heterocycles. The van der Waals surface area contributed by atoms with Gasteiger partial charge in [-0.05, 0) is 20.8 Å². The molecule has 0 atom stereocenters. The largest absolute Gasteiger partial charge is 0.673 e. The Morgan fingerprint density at radius 3 is 0.923 bits per heavy atom. The molecule has 0 heterocycles. The fourth-order valence-electron chi connectivity index (χ4n) is 0. The lowest BCUT2D eigenvalue weighted by atomic mass is 10.1. The lowest BCUT2D eigenvalue weighted by molar-refractivity contribution is -0.917. The van der Waals surface area contributed by atoms with Crippen LogP contribution in [0.3, 0.4) is 0 Å². The maximum absolute atomic E-state index is 9.75. The Bertz CT molecular complexity index is 124. The van der Waals surface area contributed by atoms with E-state index in [1.807, 2.05) is 0 Å². The van der Waals surface area contributed by atoms with Crippen molar-refractivity contribution in [2.45, 2.75) is 26.3 Å². The van der Waals surface area contributed by atoms with Crippen LogP contribution in [0.15, 0.2) is 0 Å². The number of quaternary nitrogens is 1. The van der Waals surface area contributed by atoms with Gasteiger partial charge >= 0.3 is 7.25 Å². The van der Waals surface area contributed by atoms with E-state index in [1.54, 1.807) is 0 Å². The molecule has 0 saturated carbocycles. The van der Waals surface area contributed by atoms with Crippen LogP contribution in [0.25, 0.3) is 0 Å². The molecule has 0 aromatic heterocycles. The molecule has 6 heteroatoms. The molecule has 82 valence electrons. The third kappa shape index (κ3) is 14.6. The Morgan fingerprint density at radius 2 is 0.923 bits per heavy atom. The van der Waals surface area contributed by atoms with E-state index in [-0.39, 0.29) is 0 Å². The predicted octanol–water partition coefficient (Wildman–Crippen LogP) is 2.79. The lowest BCUT2D eigenvalue weighted by Gasteiger charge is -2.38. The van der Waals surface area contributed by atoms with Crippen LogP contribution in [0.5, 0.6) is 0 Å². The van der Waals surface area contributed by atoms with Gasteiger partial charge in [-0.15, -0.1) is 0 Å². The van der Waals surface area contributed by atoms with E-state index < -0.39 is 7.25 Å². The van der Waals surface area contributed by atoms with Gasteiger partial charge in [0.25, 0.3) is 0 Å². The second kappa shape index (κ2) is 4.31. The fraction of sp³-hybridized carbons (Fsp3) is 1.00. The van der Waals surface area contributed by atoms with Gasteiger partial charge < -0.3 is 21.7 Å². The minimum absolute atomic E-state index is 0.375. The van der Waals surface area contributed by atoms with Crippen molar-refractivity contribution in [3.63, 3.8) is 0 Å². The van der Waals surface area contributed by atoms with Crippen LogP contribution >= 0.6 is 0 Å². The number of hydrogen-bond donors (Lipinski definition) is 0. The van der Waals surface area contributed by atoms with E-state index in [1.165, 1.54) is 0 Å². The molecule has 0 bridgehead atoms. The van der Waals surface area contributed by atoms with Crippen LogP contribution in [0, 0.1) is 0 Å². The van der Waals surface area contributed by atoms with E-state index in [2.05, 4.69) is 41.9 Å². The maximum Gasteiger partial charge on any atom is 0.673 e. The highest BCUT2D eigenvalue weighted by molar-refractivity contribution is 6.50. The molecular weight excluding hydrogens is 185 g/mol. The molecule has 0 aliphatic rings. The minimum Gasteiger partial charge on any atom is -0.418 e. The average molecular weight is 203 g/mol. The van der Waals surface area contributed by atoms with Crippen LogP contribution in [-0.2, 0) is 0 Å². The summed E-state index contributed by atoms with van der Waals surface area (Å²) in [6.45, 7) is 6.73. The van der Waals surface area contributed by atoms with E-state index >= 15 is 0 Å². The standard InChI is InChI=1S/C7H18N.BF4/c1-7(2,3)8(4,5)6;2-1(3,4)5/h1-6H3;/q+1;-1. The normalized spacial score (nSPS) is 13.4. The van der Waals surface area contributed by atoms with Crippen molar-refractivity contribution >= 4 is 7.25 Å². The first kappa shape index (κ1) is 15.2. The quantitative estimate of drug-likeness (QED) is 0.322. The molecule has 0 aromatic rings. The van der Waals surface area contributed by atoms with E-state index in [9.17, 15) is 17.3 Å². The summed E-state index contributed by atoms with van der Waals surface area (Å²) in [6.07, 6.45) is 0. The Morgan fingerprint density at radius 1 is 0.846 bits per heavy atom. The number of hydrogen-bond acceptors (Lipinski definition) is 0. The van der Waals surface area contributed by atoms with Gasteiger partial charge in [0.15, 0.2) is 0 Å². The monoisotopic (exact) mass is 203 g/mol. The highest BCUT2D eigenvalue weighted by Crippen LogP contribution is 2.14. The Hall–Kier alpha value is -0.255. The molecule has 0 aromatic carbocycles. The zero-order chi connectivity index (χ0) is 11.5. The number of nitrogens with zero attached hydrogens (tertiary/aromatic N) is 1. The predicted molar refractivity (Wildman–Crippen MR) is 48.0 cm³/mol. The fourth-order valence-corrected chi connectivity index (χ4v) is 0. The summed E-state index contributed by atoms with van der Waals surface area (Å²) >= 11 is 0. The van der Waals surface area contributed by atoms with Gasteiger partial charge in [0.2, 0.25) is 0 Å². The van der Waals surface area contributed by atoms with Gasteiger partial charge in [0, 0.05) is 0 Å². The Kier molecular flexibility index (Phi) is 5.04. The summed E-state index contributed by atoms with van der Waals surface area (Å²) in [7, 11) is 0.625. The van der Waals surface area contributed by atoms with Gasteiger partial charge in [-0.2, -0.15) is 0 Å². The third-order valence-electron chi connectivity index (χ3n) is 2.01. The molecule has 13 heavy (non-hydrogen) atoms. The summed E-state index contributed by atoms with van der Waals surface area (Å²) < 4.78 is 40.0. The van der Waals surface area contributed by atoms with Gasteiger partial charge in [0.05, 0.1) is 26.7 Å². The zero-order valence-electron chi connectivity index (χ0n) is 9.04. The molecule has 0 radical (unpaired) electrons. The smallest absolute Gasteiger partial charge is 0.418 e. The first-order valence-electron chi connectivity index (χ1n) is 3.94. The van der Waals surface area contributed by atoms with Crippen LogP contribution < -0.4 is 0 Å². The Labute approximate surface area is 77.4 Å². The highest BCUT2D eigenvalue weighted by Gasteiger charge is 2.25. The SMILES string of the molecule is CC(C)(C)[N+](C)(C)C.F[B-](F)(F)F. The lowest BCUT2D eigenvalue weighted by Crippen LogP contribution is -2.50. The van der Waals surface area contributed by atoms with Crippen LogP contribution in [0.1, 0.15) is 20.8 Å². The molecule has 0 fully saturated rings. The van der Waals surface area contributed by atoms with E-state index in [0.717, 1.165) is 4.48 Å². The molecule has 0 aliphatic heterocycles. The van der Waals surface area contributed by atoms with Crippen molar-refractivity contribution in [3.05, 3.63) is 0 Å². The molecular formula is C7H18BF4N. The molecule has 0 rings (SSSR count). The number of halogens is 4. The topological polar surface area (TPSA) is 0 Å². The van der Waals surface area contributed by atoms with Gasteiger partial charge in [-0.1, -0.05) is 0 Å². The summed E-state index contributed by atoms with van der Waals surface area (Å²) in [5.41, 5.74) is 0.375. The summed E-state index contributed by atoms with van der Waals surface area (Å²) in [6, 6.07) is 0. The Balaban J connectivity index is 0. The number of rotatable bonds is 0. The van der Waals surface area contributed by atoms with Crippen molar-refractivity contribution < 1.29 is 21.7 Å². The maximum atomic E-state index is 9.75. The summed E-state index contributed by atoms with van der Waals surface area (Å²) in [5, 5.41) is 0. The average Bonchev–Trinajstić information content (AvgIpc) is 1.50. The van der Waals surface area contributed by atoms with Crippen molar-refractivity contribution in [2.24, 2.45) is 0 Å².